The van der Waals surface area contributed by atoms with Gasteiger partial charge in [0.15, 0.2) is 0 Å². The molecule has 1 aliphatic rings. The maximum absolute atomic E-state index is 12.0. The summed E-state index contributed by atoms with van der Waals surface area (Å²) in [7, 11) is 0. The van der Waals surface area contributed by atoms with Gasteiger partial charge in [-0.05, 0) is 19.1 Å². The van der Waals surface area contributed by atoms with Crippen LogP contribution in [-0.4, -0.2) is 34.1 Å². The van der Waals surface area contributed by atoms with Crippen LogP contribution >= 0.6 is 11.6 Å². The van der Waals surface area contributed by atoms with E-state index in [0.717, 1.165) is 0 Å². The lowest BCUT2D eigenvalue weighted by Crippen LogP contribution is -2.47. The Morgan fingerprint density at radius 1 is 1.60 bits per heavy atom. The average molecular weight is 296 g/mol. The van der Waals surface area contributed by atoms with Crippen LogP contribution in [-0.2, 0) is 19.9 Å². The molecule has 1 amide bonds. The van der Waals surface area contributed by atoms with Gasteiger partial charge >= 0.3 is 11.7 Å². The van der Waals surface area contributed by atoms with Gasteiger partial charge in [0, 0.05) is 16.3 Å². The van der Waals surface area contributed by atoms with Crippen LogP contribution < -0.4 is 5.32 Å². The number of aliphatic hydroxyl groups is 1. The van der Waals surface area contributed by atoms with E-state index in [0.29, 0.717) is 5.02 Å². The number of nitrogens with one attached hydrogen (secondary N) is 1. The Labute approximate surface area is 118 Å². The fraction of sp³-hybridized carbons (Fsp3) is 0.250. The molecule has 1 atom stereocenters. The normalized spacial score (nSPS) is 19.9. The number of carbonyl (C=O) groups excluding carboxylic acids is 2. The summed E-state index contributed by atoms with van der Waals surface area (Å²) in [5.41, 5.74) is 6.04. The summed E-state index contributed by atoms with van der Waals surface area (Å²) in [5, 5.41) is 13.2. The van der Waals surface area contributed by atoms with Crippen molar-refractivity contribution >= 4 is 34.9 Å². The predicted molar refractivity (Wildman–Crippen MR) is 69.2 cm³/mol. The fourth-order valence-electron chi connectivity index (χ4n) is 1.97. The number of carbonyl (C=O) groups is 2. The lowest BCUT2D eigenvalue weighted by molar-refractivity contribution is -0.147. The molecule has 1 aliphatic heterocycles. The summed E-state index contributed by atoms with van der Waals surface area (Å²) in [6.45, 7) is 1.54. The van der Waals surface area contributed by atoms with Crippen LogP contribution in [0, 0.1) is 0 Å². The number of nitrogens with zero attached hydrogens (tertiary/aromatic N) is 2. The molecule has 0 aromatic heterocycles. The number of hydrogen-bond acceptors (Lipinski definition) is 4. The number of hydrogen-bond donors (Lipinski definition) is 2. The molecule has 1 aromatic rings. The minimum atomic E-state index is -2.42. The minimum absolute atomic E-state index is 0.00300. The Morgan fingerprint density at radius 2 is 2.30 bits per heavy atom. The van der Waals surface area contributed by atoms with E-state index in [1.807, 2.05) is 0 Å². The molecule has 0 saturated heterocycles. The molecule has 1 aromatic carbocycles. The van der Waals surface area contributed by atoms with Crippen molar-refractivity contribution in [3.8, 4) is 0 Å². The minimum Gasteiger partial charge on any atom is -0.457 e. The van der Waals surface area contributed by atoms with E-state index in [9.17, 15) is 14.7 Å². The quantitative estimate of drug-likeness (QED) is 0.370. The molecule has 1 unspecified atom stereocenters. The topological polar surface area (TPSA) is 112 Å². The number of rotatable bonds is 3. The van der Waals surface area contributed by atoms with Crippen LogP contribution in [0.25, 0.3) is 5.53 Å². The molecule has 7 nitrogen and oxygen atoms in total. The van der Waals surface area contributed by atoms with Gasteiger partial charge in [-0.3, -0.25) is 4.79 Å². The largest absolute Gasteiger partial charge is 0.457 e. The maximum Gasteiger partial charge on any atom is 0.421 e. The highest BCUT2D eigenvalue weighted by atomic mass is 35.5. The Bertz CT molecular complexity index is 654. The second-order valence-corrected chi connectivity index (χ2v) is 4.46. The maximum atomic E-state index is 12.0. The van der Waals surface area contributed by atoms with Crippen molar-refractivity contribution in [3.05, 3.63) is 34.3 Å². The van der Waals surface area contributed by atoms with Crippen LogP contribution in [0.2, 0.25) is 5.02 Å². The van der Waals surface area contributed by atoms with E-state index in [1.165, 1.54) is 18.2 Å². The molecular formula is C12H10ClN3O4. The molecule has 0 spiro atoms. The van der Waals surface area contributed by atoms with E-state index in [2.05, 4.69) is 14.8 Å². The van der Waals surface area contributed by atoms with Crippen molar-refractivity contribution in [2.75, 3.05) is 11.9 Å². The van der Waals surface area contributed by atoms with E-state index < -0.39 is 23.2 Å². The second kappa shape index (κ2) is 5.05. The third-order valence-electron chi connectivity index (χ3n) is 2.86. The zero-order valence-electron chi connectivity index (χ0n) is 10.4. The first-order valence-electron chi connectivity index (χ1n) is 5.68. The van der Waals surface area contributed by atoms with Gasteiger partial charge in [-0.25, -0.2) is 4.79 Å². The first kappa shape index (κ1) is 14.2. The van der Waals surface area contributed by atoms with E-state index in [1.54, 1.807) is 6.92 Å². The zero-order valence-corrected chi connectivity index (χ0v) is 11.1. The standard InChI is InChI=1S/C12H10ClN3O4/c1-2-20-10(17)9(16-14)12(19)7-4-3-6(13)5-8(7)15-11(12)18/h3-5,19H,2H2,1H3,(H,15,18). The van der Waals surface area contributed by atoms with Crippen molar-refractivity contribution in [2.24, 2.45) is 0 Å². The Morgan fingerprint density at radius 3 is 2.90 bits per heavy atom. The summed E-state index contributed by atoms with van der Waals surface area (Å²) in [6, 6.07) is 4.21. The number of fused-ring (bicyclic) bond motifs is 1. The highest BCUT2D eigenvalue weighted by Gasteiger charge is 2.59. The molecule has 1 heterocycles. The molecule has 8 heteroatoms. The lowest BCUT2D eigenvalue weighted by Gasteiger charge is -2.14. The zero-order chi connectivity index (χ0) is 14.9. The number of anilines is 1. The highest BCUT2D eigenvalue weighted by Crippen LogP contribution is 2.38. The molecule has 0 fully saturated rings. The summed E-state index contributed by atoms with van der Waals surface area (Å²) < 4.78 is 4.66. The van der Waals surface area contributed by atoms with Gasteiger partial charge in [-0.2, -0.15) is 4.79 Å². The molecule has 0 aliphatic carbocycles. The van der Waals surface area contributed by atoms with Gasteiger partial charge in [-0.1, -0.05) is 17.7 Å². The number of benzene rings is 1. The molecule has 0 saturated carbocycles. The fourth-order valence-corrected chi connectivity index (χ4v) is 2.14. The van der Waals surface area contributed by atoms with E-state index in [-0.39, 0.29) is 17.9 Å². The number of halogens is 1. The van der Waals surface area contributed by atoms with Crippen molar-refractivity contribution < 1.29 is 24.2 Å². The number of amides is 1. The molecule has 2 N–H and O–H groups in total. The van der Waals surface area contributed by atoms with Gasteiger partial charge in [0.05, 0.1) is 6.61 Å². The number of esters is 1. The summed E-state index contributed by atoms with van der Waals surface area (Å²) in [5.74, 6) is -2.01. The van der Waals surface area contributed by atoms with Crippen LogP contribution in [0.5, 0.6) is 0 Å². The van der Waals surface area contributed by atoms with Crippen molar-refractivity contribution in [1.82, 2.24) is 0 Å². The molecule has 0 bridgehead atoms. The first-order chi connectivity index (χ1) is 9.44. The third kappa shape index (κ3) is 1.98. The molecular weight excluding hydrogens is 286 g/mol. The van der Waals surface area contributed by atoms with Crippen molar-refractivity contribution in [2.45, 2.75) is 12.5 Å². The van der Waals surface area contributed by atoms with Gasteiger partial charge in [-0.15, -0.1) is 0 Å². The predicted octanol–water partition coefficient (Wildman–Crippen LogP) is 0.714. The van der Waals surface area contributed by atoms with Crippen LogP contribution in [0.15, 0.2) is 18.2 Å². The third-order valence-corrected chi connectivity index (χ3v) is 3.09. The SMILES string of the molecule is CCOC(=O)C(=[N+]=[N-])C1(O)C(=O)Nc2cc(Cl)ccc21. The average Bonchev–Trinajstić information content (AvgIpc) is 2.62. The first-order valence-corrected chi connectivity index (χ1v) is 6.06. The second-order valence-electron chi connectivity index (χ2n) is 4.02. The monoisotopic (exact) mass is 295 g/mol. The molecule has 0 radical (unpaired) electrons. The van der Waals surface area contributed by atoms with Gasteiger partial charge in [0.25, 0.3) is 11.5 Å². The molecule has 20 heavy (non-hydrogen) atoms. The van der Waals surface area contributed by atoms with Crippen LogP contribution in [0.4, 0.5) is 5.69 Å². The van der Waals surface area contributed by atoms with Gasteiger partial charge in [0.1, 0.15) is 0 Å². The van der Waals surface area contributed by atoms with Gasteiger partial charge in [0.2, 0.25) is 0 Å². The van der Waals surface area contributed by atoms with Crippen LogP contribution in [0.1, 0.15) is 12.5 Å². The summed E-state index contributed by atoms with van der Waals surface area (Å²) >= 11 is 5.79. The highest BCUT2D eigenvalue weighted by molar-refractivity contribution is 6.44. The molecule has 2 rings (SSSR count). The lowest BCUT2D eigenvalue weighted by atomic mass is 9.90. The Kier molecular flexibility index (Phi) is 3.59. The summed E-state index contributed by atoms with van der Waals surface area (Å²) in [6.07, 6.45) is 0. The van der Waals surface area contributed by atoms with E-state index in [4.69, 9.17) is 17.1 Å². The smallest absolute Gasteiger partial charge is 0.421 e. The summed E-state index contributed by atoms with van der Waals surface area (Å²) in [4.78, 5) is 26.4. The number of ether oxygens (including phenoxy) is 1. The van der Waals surface area contributed by atoms with Gasteiger partial charge < -0.3 is 20.7 Å². The van der Waals surface area contributed by atoms with Crippen LogP contribution in [0.3, 0.4) is 0 Å². The van der Waals surface area contributed by atoms with E-state index >= 15 is 0 Å². The van der Waals surface area contributed by atoms with Crippen molar-refractivity contribution in [3.63, 3.8) is 0 Å². The Hall–Kier alpha value is -2.21. The van der Waals surface area contributed by atoms with Crippen molar-refractivity contribution in [1.29, 1.82) is 0 Å². The Balaban J connectivity index is 2.58. The molecule has 104 valence electrons.